The monoisotopic (exact) mass is 298 g/mol. The third-order valence-corrected chi connectivity index (χ3v) is 3.05. The van der Waals surface area contributed by atoms with Crippen molar-refractivity contribution in [3.63, 3.8) is 0 Å². The van der Waals surface area contributed by atoms with Crippen molar-refractivity contribution in [2.45, 2.75) is 19.9 Å². The van der Waals surface area contributed by atoms with E-state index in [0.717, 1.165) is 17.6 Å². The molecule has 0 aliphatic carbocycles. The Hall–Kier alpha value is -2.89. The third-order valence-electron chi connectivity index (χ3n) is 3.05. The SMILES string of the molecule is CCC(=CC(=O)Nc1cnn(CC(N)=O)c1)c1ccccc1. The first-order chi connectivity index (χ1) is 10.6. The molecule has 2 rings (SSSR count). The highest BCUT2D eigenvalue weighted by atomic mass is 16.2. The summed E-state index contributed by atoms with van der Waals surface area (Å²) in [5.74, 6) is -0.724. The molecule has 0 bridgehead atoms. The number of hydrogen-bond acceptors (Lipinski definition) is 3. The van der Waals surface area contributed by atoms with E-state index in [9.17, 15) is 9.59 Å². The molecule has 1 heterocycles. The summed E-state index contributed by atoms with van der Waals surface area (Å²) in [6.07, 6.45) is 5.35. The summed E-state index contributed by atoms with van der Waals surface area (Å²) >= 11 is 0. The summed E-state index contributed by atoms with van der Waals surface area (Å²) in [4.78, 5) is 22.9. The van der Waals surface area contributed by atoms with Gasteiger partial charge in [0.15, 0.2) is 0 Å². The van der Waals surface area contributed by atoms with E-state index in [1.54, 1.807) is 12.3 Å². The number of benzene rings is 1. The van der Waals surface area contributed by atoms with Gasteiger partial charge in [-0.2, -0.15) is 5.10 Å². The second-order valence-corrected chi connectivity index (χ2v) is 4.77. The number of rotatable bonds is 6. The van der Waals surface area contributed by atoms with Crippen LogP contribution in [-0.4, -0.2) is 21.6 Å². The van der Waals surface area contributed by atoms with Crippen LogP contribution in [0.4, 0.5) is 5.69 Å². The summed E-state index contributed by atoms with van der Waals surface area (Å²) in [6.45, 7) is 1.98. The highest BCUT2D eigenvalue weighted by molar-refractivity contribution is 6.03. The number of allylic oxidation sites excluding steroid dienone is 1. The van der Waals surface area contributed by atoms with Gasteiger partial charge in [0.2, 0.25) is 11.8 Å². The van der Waals surface area contributed by atoms with Gasteiger partial charge in [0, 0.05) is 12.3 Å². The summed E-state index contributed by atoms with van der Waals surface area (Å²) < 4.78 is 1.37. The zero-order valence-electron chi connectivity index (χ0n) is 12.3. The normalized spacial score (nSPS) is 11.2. The molecular weight excluding hydrogens is 280 g/mol. The Kier molecular flexibility index (Phi) is 5.08. The van der Waals surface area contributed by atoms with Crippen molar-refractivity contribution in [1.29, 1.82) is 0 Å². The summed E-state index contributed by atoms with van der Waals surface area (Å²) in [6, 6.07) is 9.74. The molecule has 0 atom stereocenters. The first kappa shape index (κ1) is 15.5. The fourth-order valence-corrected chi connectivity index (χ4v) is 2.05. The molecule has 0 unspecified atom stereocenters. The van der Waals surface area contributed by atoms with Gasteiger partial charge in [-0.05, 0) is 17.6 Å². The molecule has 0 fully saturated rings. The lowest BCUT2D eigenvalue weighted by atomic mass is 10.0. The Balaban J connectivity index is 2.06. The molecule has 1 aromatic heterocycles. The average molecular weight is 298 g/mol. The number of aromatic nitrogens is 2. The number of carbonyl (C=O) groups excluding carboxylic acids is 2. The van der Waals surface area contributed by atoms with Gasteiger partial charge in [-0.1, -0.05) is 37.3 Å². The van der Waals surface area contributed by atoms with E-state index in [1.807, 2.05) is 37.3 Å². The Labute approximate surface area is 128 Å². The van der Waals surface area contributed by atoms with Crippen LogP contribution in [0.2, 0.25) is 0 Å². The highest BCUT2D eigenvalue weighted by Gasteiger charge is 2.06. The van der Waals surface area contributed by atoms with Gasteiger partial charge in [0.1, 0.15) is 6.54 Å². The van der Waals surface area contributed by atoms with Gasteiger partial charge in [-0.25, -0.2) is 0 Å². The van der Waals surface area contributed by atoms with Crippen LogP contribution >= 0.6 is 0 Å². The second kappa shape index (κ2) is 7.21. The topological polar surface area (TPSA) is 90.0 Å². The number of primary amides is 1. The minimum Gasteiger partial charge on any atom is -0.368 e. The van der Waals surface area contributed by atoms with E-state index in [2.05, 4.69) is 10.4 Å². The van der Waals surface area contributed by atoms with Crippen molar-refractivity contribution in [3.05, 3.63) is 54.4 Å². The molecule has 3 N–H and O–H groups in total. The minimum absolute atomic E-state index is 0.0179. The maximum atomic E-state index is 12.1. The van der Waals surface area contributed by atoms with Gasteiger partial charge in [-0.3, -0.25) is 14.3 Å². The fourth-order valence-electron chi connectivity index (χ4n) is 2.05. The van der Waals surface area contributed by atoms with Crippen LogP contribution in [0.15, 0.2) is 48.8 Å². The summed E-state index contributed by atoms with van der Waals surface area (Å²) in [5.41, 5.74) is 7.57. The molecule has 2 amide bonds. The maximum absolute atomic E-state index is 12.1. The number of amides is 2. The zero-order chi connectivity index (χ0) is 15.9. The van der Waals surface area contributed by atoms with Crippen molar-refractivity contribution in [2.75, 3.05) is 5.32 Å². The summed E-state index contributed by atoms with van der Waals surface area (Å²) in [7, 11) is 0. The lowest BCUT2D eigenvalue weighted by Gasteiger charge is -2.05. The molecule has 22 heavy (non-hydrogen) atoms. The molecule has 0 radical (unpaired) electrons. The fraction of sp³-hybridized carbons (Fsp3) is 0.188. The first-order valence-corrected chi connectivity index (χ1v) is 6.96. The molecule has 6 nitrogen and oxygen atoms in total. The predicted molar refractivity (Wildman–Crippen MR) is 84.8 cm³/mol. The number of nitrogens with one attached hydrogen (secondary N) is 1. The molecule has 0 aliphatic heterocycles. The smallest absolute Gasteiger partial charge is 0.248 e. The van der Waals surface area contributed by atoms with Crippen molar-refractivity contribution < 1.29 is 9.59 Å². The highest BCUT2D eigenvalue weighted by Crippen LogP contribution is 2.17. The predicted octanol–water partition coefficient (Wildman–Crippen LogP) is 1.80. The van der Waals surface area contributed by atoms with Gasteiger partial charge in [0.05, 0.1) is 11.9 Å². The van der Waals surface area contributed by atoms with Crippen LogP contribution in [0.3, 0.4) is 0 Å². The largest absolute Gasteiger partial charge is 0.368 e. The Morgan fingerprint density at radius 2 is 2.05 bits per heavy atom. The van der Waals surface area contributed by atoms with Gasteiger partial charge < -0.3 is 11.1 Å². The molecule has 6 heteroatoms. The van der Waals surface area contributed by atoms with Crippen molar-refractivity contribution in [1.82, 2.24) is 9.78 Å². The molecule has 114 valence electrons. The van der Waals surface area contributed by atoms with Crippen LogP contribution in [-0.2, 0) is 16.1 Å². The molecular formula is C16H18N4O2. The number of nitrogens with zero attached hydrogens (tertiary/aromatic N) is 2. The molecule has 2 aromatic rings. The molecule has 0 aliphatic rings. The van der Waals surface area contributed by atoms with E-state index in [4.69, 9.17) is 5.73 Å². The molecule has 0 saturated heterocycles. The minimum atomic E-state index is -0.488. The van der Waals surface area contributed by atoms with E-state index < -0.39 is 5.91 Å². The standard InChI is InChI=1S/C16H18N4O2/c1-2-12(13-6-4-3-5-7-13)8-16(22)19-14-9-18-20(10-14)11-15(17)21/h3-10H,2,11H2,1H3,(H2,17,21)(H,19,22). The quantitative estimate of drug-likeness (QED) is 0.797. The van der Waals surface area contributed by atoms with Crippen LogP contribution in [0.5, 0.6) is 0 Å². The van der Waals surface area contributed by atoms with Crippen LogP contribution in [0.25, 0.3) is 5.57 Å². The lowest BCUT2D eigenvalue weighted by molar-refractivity contribution is -0.118. The maximum Gasteiger partial charge on any atom is 0.248 e. The first-order valence-electron chi connectivity index (χ1n) is 6.96. The second-order valence-electron chi connectivity index (χ2n) is 4.77. The van der Waals surface area contributed by atoms with Crippen LogP contribution < -0.4 is 11.1 Å². The van der Waals surface area contributed by atoms with Crippen LogP contribution in [0.1, 0.15) is 18.9 Å². The van der Waals surface area contributed by atoms with Crippen molar-refractivity contribution >= 4 is 23.1 Å². The number of nitrogens with two attached hydrogens (primary N) is 1. The van der Waals surface area contributed by atoms with Crippen molar-refractivity contribution in [2.24, 2.45) is 5.73 Å². The zero-order valence-corrected chi connectivity index (χ0v) is 12.3. The Bertz CT molecular complexity index is 689. The van der Waals surface area contributed by atoms with E-state index in [0.29, 0.717) is 5.69 Å². The number of carbonyl (C=O) groups is 2. The van der Waals surface area contributed by atoms with E-state index in [1.165, 1.54) is 10.9 Å². The van der Waals surface area contributed by atoms with Crippen molar-refractivity contribution in [3.8, 4) is 0 Å². The molecule has 1 aromatic carbocycles. The lowest BCUT2D eigenvalue weighted by Crippen LogP contribution is -2.18. The molecule has 0 saturated carbocycles. The van der Waals surface area contributed by atoms with E-state index in [-0.39, 0.29) is 12.5 Å². The van der Waals surface area contributed by atoms with Gasteiger partial charge in [-0.15, -0.1) is 0 Å². The molecule has 0 spiro atoms. The van der Waals surface area contributed by atoms with E-state index >= 15 is 0 Å². The number of hydrogen-bond donors (Lipinski definition) is 2. The number of anilines is 1. The Morgan fingerprint density at radius 3 is 2.68 bits per heavy atom. The Morgan fingerprint density at radius 1 is 1.32 bits per heavy atom. The average Bonchev–Trinajstić information content (AvgIpc) is 2.91. The van der Waals surface area contributed by atoms with Gasteiger partial charge in [0.25, 0.3) is 0 Å². The third kappa shape index (κ3) is 4.31. The summed E-state index contributed by atoms with van der Waals surface area (Å²) in [5, 5.41) is 6.67. The van der Waals surface area contributed by atoms with Crippen LogP contribution in [0, 0.1) is 0 Å². The van der Waals surface area contributed by atoms with Gasteiger partial charge >= 0.3 is 0 Å².